The molecule has 0 spiro atoms. The molecule has 0 unspecified atom stereocenters. The van der Waals surface area contributed by atoms with Crippen LogP contribution in [0.5, 0.6) is 5.75 Å². The number of ether oxygens (including phenoxy) is 1. The molecule has 2 aromatic carbocycles. The summed E-state index contributed by atoms with van der Waals surface area (Å²) in [7, 11) is 1.68. The van der Waals surface area contributed by atoms with E-state index >= 15 is 0 Å². The fourth-order valence-corrected chi connectivity index (χ4v) is 3.47. The maximum Gasteiger partial charge on any atom is 0.188 e. The van der Waals surface area contributed by atoms with Crippen molar-refractivity contribution in [3.8, 4) is 5.75 Å². The van der Waals surface area contributed by atoms with Crippen molar-refractivity contribution in [1.29, 1.82) is 0 Å². The van der Waals surface area contributed by atoms with E-state index in [1.807, 2.05) is 31.2 Å². The molecule has 0 aliphatic carbocycles. The van der Waals surface area contributed by atoms with Gasteiger partial charge >= 0.3 is 0 Å². The lowest BCUT2D eigenvalue weighted by Gasteiger charge is -2.07. The minimum absolute atomic E-state index is 0.891. The molecule has 1 heterocycles. The SMILES string of the molecule is COc1ccc(Nc2nc3ccc(Br)cc3s2)cc1C. The molecule has 102 valence electrons. The van der Waals surface area contributed by atoms with Gasteiger partial charge in [0.2, 0.25) is 0 Å². The quantitative estimate of drug-likeness (QED) is 0.713. The maximum absolute atomic E-state index is 5.27. The topological polar surface area (TPSA) is 34.1 Å². The van der Waals surface area contributed by atoms with Crippen LogP contribution in [0.25, 0.3) is 10.2 Å². The fourth-order valence-electron chi connectivity index (χ4n) is 2.03. The Kier molecular flexibility index (Phi) is 3.63. The van der Waals surface area contributed by atoms with Crippen molar-refractivity contribution in [2.75, 3.05) is 12.4 Å². The lowest BCUT2D eigenvalue weighted by atomic mass is 10.2. The summed E-state index contributed by atoms with van der Waals surface area (Å²) in [6, 6.07) is 12.1. The van der Waals surface area contributed by atoms with E-state index in [0.29, 0.717) is 0 Å². The Morgan fingerprint density at radius 3 is 2.80 bits per heavy atom. The molecule has 0 aliphatic rings. The van der Waals surface area contributed by atoms with Crippen LogP contribution < -0.4 is 10.1 Å². The van der Waals surface area contributed by atoms with Crippen molar-refractivity contribution >= 4 is 48.3 Å². The number of nitrogens with zero attached hydrogens (tertiary/aromatic N) is 1. The van der Waals surface area contributed by atoms with Gasteiger partial charge in [-0.3, -0.25) is 0 Å². The van der Waals surface area contributed by atoms with Gasteiger partial charge in [-0.1, -0.05) is 27.3 Å². The Morgan fingerprint density at radius 1 is 1.20 bits per heavy atom. The second kappa shape index (κ2) is 5.42. The van der Waals surface area contributed by atoms with Crippen molar-refractivity contribution < 1.29 is 4.74 Å². The van der Waals surface area contributed by atoms with Gasteiger partial charge in [0.05, 0.1) is 17.3 Å². The van der Waals surface area contributed by atoms with Crippen molar-refractivity contribution in [2.45, 2.75) is 6.92 Å². The standard InChI is InChI=1S/C15H13BrN2OS/c1-9-7-11(4-6-13(9)19-2)17-15-18-12-5-3-10(16)8-14(12)20-15/h3-8H,1-2H3,(H,17,18). The second-order valence-corrected chi connectivity index (χ2v) is 6.39. The third kappa shape index (κ3) is 2.64. The monoisotopic (exact) mass is 348 g/mol. The predicted molar refractivity (Wildman–Crippen MR) is 88.3 cm³/mol. The highest BCUT2D eigenvalue weighted by atomic mass is 79.9. The van der Waals surface area contributed by atoms with E-state index in [1.54, 1.807) is 18.4 Å². The number of halogens is 1. The van der Waals surface area contributed by atoms with Crippen LogP contribution in [0.4, 0.5) is 10.8 Å². The molecule has 0 amide bonds. The molecule has 1 N–H and O–H groups in total. The zero-order valence-electron chi connectivity index (χ0n) is 11.1. The molecule has 0 radical (unpaired) electrons. The number of fused-ring (bicyclic) bond motifs is 1. The summed E-state index contributed by atoms with van der Waals surface area (Å²) in [6.07, 6.45) is 0. The largest absolute Gasteiger partial charge is 0.496 e. The van der Waals surface area contributed by atoms with Crippen LogP contribution in [-0.2, 0) is 0 Å². The molecule has 0 bridgehead atoms. The van der Waals surface area contributed by atoms with Crippen LogP contribution >= 0.6 is 27.3 Å². The fraction of sp³-hybridized carbons (Fsp3) is 0.133. The van der Waals surface area contributed by atoms with Gasteiger partial charge in [-0.25, -0.2) is 4.98 Å². The number of hydrogen-bond acceptors (Lipinski definition) is 4. The molecule has 3 nitrogen and oxygen atoms in total. The molecule has 3 rings (SSSR count). The first-order valence-electron chi connectivity index (χ1n) is 6.13. The first kappa shape index (κ1) is 13.4. The molecule has 0 saturated heterocycles. The van der Waals surface area contributed by atoms with E-state index < -0.39 is 0 Å². The highest BCUT2D eigenvalue weighted by Gasteiger charge is 2.06. The summed E-state index contributed by atoms with van der Waals surface area (Å²) in [4.78, 5) is 4.58. The van der Waals surface area contributed by atoms with Crippen LogP contribution in [-0.4, -0.2) is 12.1 Å². The summed E-state index contributed by atoms with van der Waals surface area (Å²) >= 11 is 5.12. The van der Waals surface area contributed by atoms with E-state index in [4.69, 9.17) is 4.74 Å². The molecular weight excluding hydrogens is 336 g/mol. The van der Waals surface area contributed by atoms with Crippen LogP contribution in [0.1, 0.15) is 5.56 Å². The first-order valence-corrected chi connectivity index (χ1v) is 7.74. The molecule has 1 aromatic heterocycles. The average Bonchev–Trinajstić information content (AvgIpc) is 2.80. The Hall–Kier alpha value is -1.59. The highest BCUT2D eigenvalue weighted by molar-refractivity contribution is 9.10. The van der Waals surface area contributed by atoms with E-state index in [1.165, 1.54) is 0 Å². The van der Waals surface area contributed by atoms with Crippen molar-refractivity contribution in [3.05, 3.63) is 46.4 Å². The number of methoxy groups -OCH3 is 1. The smallest absolute Gasteiger partial charge is 0.188 e. The van der Waals surface area contributed by atoms with Gasteiger partial charge in [-0.2, -0.15) is 0 Å². The molecule has 3 aromatic rings. The van der Waals surface area contributed by atoms with Gasteiger partial charge in [0.25, 0.3) is 0 Å². The van der Waals surface area contributed by atoms with E-state index in [-0.39, 0.29) is 0 Å². The van der Waals surface area contributed by atoms with Crippen molar-refractivity contribution in [3.63, 3.8) is 0 Å². The van der Waals surface area contributed by atoms with E-state index in [0.717, 1.165) is 36.8 Å². The molecule has 20 heavy (non-hydrogen) atoms. The summed E-state index contributed by atoms with van der Waals surface area (Å²) in [5, 5.41) is 4.23. The Bertz CT molecular complexity index is 770. The van der Waals surface area contributed by atoms with Crippen molar-refractivity contribution in [2.24, 2.45) is 0 Å². The number of thiazole rings is 1. The summed E-state index contributed by atoms with van der Waals surface area (Å²) in [5.41, 5.74) is 3.12. The zero-order valence-corrected chi connectivity index (χ0v) is 13.5. The van der Waals surface area contributed by atoms with Gasteiger partial charge in [0, 0.05) is 10.2 Å². The number of anilines is 2. The first-order chi connectivity index (χ1) is 9.65. The second-order valence-electron chi connectivity index (χ2n) is 4.44. The Labute approximate surface area is 129 Å². The number of nitrogens with one attached hydrogen (secondary N) is 1. The number of benzene rings is 2. The predicted octanol–water partition coefficient (Wildman–Crippen LogP) is 5.12. The number of rotatable bonds is 3. The van der Waals surface area contributed by atoms with Crippen LogP contribution in [0.3, 0.4) is 0 Å². The molecule has 5 heteroatoms. The third-order valence-corrected chi connectivity index (χ3v) is 4.42. The molecule has 0 saturated carbocycles. The molecule has 0 fully saturated rings. The van der Waals surface area contributed by atoms with Gasteiger partial charge in [0.1, 0.15) is 5.75 Å². The number of aryl methyl sites for hydroxylation is 1. The summed E-state index contributed by atoms with van der Waals surface area (Å²) in [5.74, 6) is 0.892. The highest BCUT2D eigenvalue weighted by Crippen LogP contribution is 2.31. The lowest BCUT2D eigenvalue weighted by molar-refractivity contribution is 0.412. The number of hydrogen-bond donors (Lipinski definition) is 1. The van der Waals surface area contributed by atoms with Gasteiger partial charge < -0.3 is 10.1 Å². The lowest BCUT2D eigenvalue weighted by Crippen LogP contribution is -1.92. The summed E-state index contributed by atoms with van der Waals surface area (Å²) in [6.45, 7) is 2.03. The van der Waals surface area contributed by atoms with Gasteiger partial charge in [-0.15, -0.1) is 0 Å². The maximum atomic E-state index is 5.27. The van der Waals surface area contributed by atoms with E-state index in [2.05, 4.69) is 38.4 Å². The minimum Gasteiger partial charge on any atom is -0.496 e. The number of aromatic nitrogens is 1. The third-order valence-electron chi connectivity index (χ3n) is 3.00. The van der Waals surface area contributed by atoms with Crippen LogP contribution in [0, 0.1) is 6.92 Å². The average molecular weight is 349 g/mol. The summed E-state index contributed by atoms with van der Waals surface area (Å²) < 4.78 is 7.49. The van der Waals surface area contributed by atoms with Crippen LogP contribution in [0.2, 0.25) is 0 Å². The Balaban J connectivity index is 1.90. The minimum atomic E-state index is 0.891. The van der Waals surface area contributed by atoms with Gasteiger partial charge in [-0.05, 0) is 48.9 Å². The van der Waals surface area contributed by atoms with Crippen LogP contribution in [0.15, 0.2) is 40.9 Å². The molecule has 0 aliphatic heterocycles. The van der Waals surface area contributed by atoms with Crippen molar-refractivity contribution in [1.82, 2.24) is 4.98 Å². The Morgan fingerprint density at radius 2 is 2.05 bits per heavy atom. The van der Waals surface area contributed by atoms with E-state index in [9.17, 15) is 0 Å². The molecular formula is C15H13BrN2OS. The zero-order chi connectivity index (χ0) is 14.1. The normalized spacial score (nSPS) is 10.8. The van der Waals surface area contributed by atoms with Gasteiger partial charge in [0.15, 0.2) is 5.13 Å². The molecule has 0 atom stereocenters.